The molecule has 1 aromatic rings. The van der Waals surface area contributed by atoms with Crippen molar-refractivity contribution >= 4 is 47.9 Å². The maximum absolute atomic E-state index is 11.9. The first-order chi connectivity index (χ1) is 8.29. The number of nitrogens with one attached hydrogen (secondary N) is 1. The number of rotatable bonds is 5. The molecule has 102 valence electrons. The fourth-order valence-electron chi connectivity index (χ4n) is 1.07. The van der Waals surface area contributed by atoms with Crippen LogP contribution in [0.2, 0.25) is 0 Å². The third kappa shape index (κ3) is 3.49. The molecule has 0 radical (unpaired) electrons. The van der Waals surface area contributed by atoms with Crippen molar-refractivity contribution in [3.05, 3.63) is 4.60 Å². The van der Waals surface area contributed by atoms with E-state index in [2.05, 4.69) is 51.6 Å². The molecule has 0 amide bonds. The van der Waals surface area contributed by atoms with Gasteiger partial charge in [-0.05, 0) is 15.9 Å². The summed E-state index contributed by atoms with van der Waals surface area (Å²) in [7, 11) is -1.15. The molecular weight excluding hydrogens is 396 g/mol. The number of nitrogens with zero attached hydrogens (tertiary/aromatic N) is 3. The number of carbonyl (C=O) groups is 1. The number of hydrogen-bond acceptors (Lipinski definition) is 6. The molecule has 0 fully saturated rings. The second kappa shape index (κ2) is 6.08. The van der Waals surface area contributed by atoms with Gasteiger partial charge in [0.25, 0.3) is 10.0 Å². The summed E-state index contributed by atoms with van der Waals surface area (Å²) in [5, 5.41) is 7.01. The minimum atomic E-state index is -3.81. The Morgan fingerprint density at radius 2 is 2.22 bits per heavy atom. The number of carbonyl (C=O) groups excluding carboxylic acids is 1. The van der Waals surface area contributed by atoms with E-state index in [1.807, 2.05) is 0 Å². The van der Waals surface area contributed by atoms with Crippen molar-refractivity contribution in [3.63, 3.8) is 0 Å². The fraction of sp³-hybridized carbons (Fsp3) is 0.571. The van der Waals surface area contributed by atoms with E-state index in [-0.39, 0.29) is 16.2 Å². The molecule has 0 saturated carbocycles. The van der Waals surface area contributed by atoms with Crippen LogP contribution in [0.1, 0.15) is 0 Å². The van der Waals surface area contributed by atoms with Gasteiger partial charge in [0, 0.05) is 13.6 Å². The Morgan fingerprint density at radius 3 is 2.67 bits per heavy atom. The summed E-state index contributed by atoms with van der Waals surface area (Å²) in [4.78, 5) is 10.3. The maximum Gasteiger partial charge on any atom is 0.320 e. The summed E-state index contributed by atoms with van der Waals surface area (Å²) < 4.78 is 31.8. The third-order valence-electron chi connectivity index (χ3n) is 1.90. The number of esters is 1. The van der Waals surface area contributed by atoms with Crippen molar-refractivity contribution in [2.75, 3.05) is 13.7 Å². The first-order valence-electron chi connectivity index (χ1n) is 4.56. The van der Waals surface area contributed by atoms with Crippen molar-refractivity contribution < 1.29 is 17.9 Å². The number of sulfonamides is 1. The van der Waals surface area contributed by atoms with Gasteiger partial charge >= 0.3 is 5.97 Å². The van der Waals surface area contributed by atoms with Crippen LogP contribution in [0.4, 0.5) is 0 Å². The molecule has 8 nitrogen and oxygen atoms in total. The molecule has 18 heavy (non-hydrogen) atoms. The van der Waals surface area contributed by atoms with Crippen LogP contribution in [0, 0.1) is 0 Å². The Hall–Kier alpha value is -0.520. The van der Waals surface area contributed by atoms with Crippen LogP contribution in [-0.2, 0) is 26.6 Å². The van der Waals surface area contributed by atoms with E-state index >= 15 is 0 Å². The largest absolute Gasteiger partial charge is 0.468 e. The highest BCUT2D eigenvalue weighted by Gasteiger charge is 2.26. The second-order valence-electron chi connectivity index (χ2n) is 3.15. The molecule has 0 aromatic carbocycles. The molecule has 0 saturated heterocycles. The smallest absolute Gasteiger partial charge is 0.320 e. The van der Waals surface area contributed by atoms with E-state index in [0.717, 1.165) is 4.68 Å². The average molecular weight is 406 g/mol. The van der Waals surface area contributed by atoms with Gasteiger partial charge in [-0.2, -0.15) is 0 Å². The van der Waals surface area contributed by atoms with Gasteiger partial charge in [0.15, 0.2) is 4.60 Å². The van der Waals surface area contributed by atoms with Crippen LogP contribution in [0.15, 0.2) is 9.63 Å². The standard InChI is InChI=1S/C7H10Br2N4O4S/c1-13-6(5(9)11-12-13)18(15,16)10-3-4(8)7(14)17-2/h4,10H,3H2,1-2H3. The number of ether oxygens (including phenoxy) is 1. The summed E-state index contributed by atoms with van der Waals surface area (Å²) in [6.07, 6.45) is 0. The molecule has 1 heterocycles. The van der Waals surface area contributed by atoms with Gasteiger partial charge in [-0.25, -0.2) is 17.8 Å². The van der Waals surface area contributed by atoms with Crippen molar-refractivity contribution in [3.8, 4) is 0 Å². The average Bonchev–Trinajstić information content (AvgIpc) is 2.65. The Bertz CT molecular complexity index is 524. The van der Waals surface area contributed by atoms with E-state index in [1.54, 1.807) is 0 Å². The summed E-state index contributed by atoms with van der Waals surface area (Å²) in [6, 6.07) is 0. The number of aromatic nitrogens is 3. The Kier molecular flexibility index (Phi) is 5.25. The minimum Gasteiger partial charge on any atom is -0.468 e. The highest BCUT2D eigenvalue weighted by atomic mass is 79.9. The van der Waals surface area contributed by atoms with Crippen LogP contribution in [0.5, 0.6) is 0 Å². The molecule has 0 aliphatic heterocycles. The zero-order valence-electron chi connectivity index (χ0n) is 9.42. The van der Waals surface area contributed by atoms with Crippen molar-refractivity contribution in [2.45, 2.75) is 9.85 Å². The lowest BCUT2D eigenvalue weighted by Crippen LogP contribution is -2.34. The van der Waals surface area contributed by atoms with Gasteiger partial charge in [0.2, 0.25) is 5.03 Å². The van der Waals surface area contributed by atoms with E-state index in [1.165, 1.54) is 14.2 Å². The normalized spacial score (nSPS) is 13.3. The summed E-state index contributed by atoms with van der Waals surface area (Å²) in [5.41, 5.74) is 0. The number of halogens is 2. The highest BCUT2D eigenvalue weighted by Crippen LogP contribution is 2.17. The molecule has 1 rings (SSSR count). The zero-order chi connectivity index (χ0) is 13.9. The van der Waals surface area contributed by atoms with Crippen LogP contribution >= 0.6 is 31.9 Å². The SMILES string of the molecule is COC(=O)C(Br)CNS(=O)(=O)c1c(Br)nnn1C. The zero-order valence-corrected chi connectivity index (χ0v) is 13.4. The van der Waals surface area contributed by atoms with Crippen molar-refractivity contribution in [1.29, 1.82) is 0 Å². The van der Waals surface area contributed by atoms with Gasteiger partial charge in [-0.1, -0.05) is 21.1 Å². The number of methoxy groups -OCH3 is 1. The topological polar surface area (TPSA) is 103 Å². The van der Waals surface area contributed by atoms with Gasteiger partial charge < -0.3 is 4.74 Å². The molecular formula is C7H10Br2N4O4S. The molecule has 1 unspecified atom stereocenters. The van der Waals surface area contributed by atoms with Gasteiger partial charge in [-0.3, -0.25) is 4.79 Å². The maximum atomic E-state index is 11.9. The minimum absolute atomic E-state index is 0.0988. The van der Waals surface area contributed by atoms with Crippen molar-refractivity contribution in [2.24, 2.45) is 7.05 Å². The first-order valence-corrected chi connectivity index (χ1v) is 7.75. The Morgan fingerprint density at radius 1 is 1.61 bits per heavy atom. The number of aryl methyl sites for hydroxylation is 1. The quantitative estimate of drug-likeness (QED) is 0.537. The molecule has 11 heteroatoms. The summed E-state index contributed by atoms with van der Waals surface area (Å²) in [5.74, 6) is -0.570. The highest BCUT2D eigenvalue weighted by molar-refractivity contribution is 9.10. The monoisotopic (exact) mass is 404 g/mol. The lowest BCUT2D eigenvalue weighted by Gasteiger charge is -2.09. The van der Waals surface area contributed by atoms with E-state index in [4.69, 9.17) is 0 Å². The number of alkyl halides is 1. The van der Waals surface area contributed by atoms with E-state index in [9.17, 15) is 13.2 Å². The summed E-state index contributed by atoms with van der Waals surface area (Å²) >= 11 is 5.99. The molecule has 0 spiro atoms. The predicted molar refractivity (Wildman–Crippen MR) is 68.6 cm³/mol. The first kappa shape index (κ1) is 15.5. The van der Waals surface area contributed by atoms with Crippen LogP contribution in [-0.4, -0.2) is 47.9 Å². The van der Waals surface area contributed by atoms with Crippen LogP contribution in [0.3, 0.4) is 0 Å². The molecule has 0 aliphatic carbocycles. The Labute approximate surface area is 120 Å². The fourth-order valence-corrected chi connectivity index (χ4v) is 3.77. The lowest BCUT2D eigenvalue weighted by molar-refractivity contribution is -0.139. The lowest BCUT2D eigenvalue weighted by atomic mass is 10.4. The third-order valence-corrected chi connectivity index (χ3v) is 4.91. The van der Waals surface area contributed by atoms with Crippen molar-refractivity contribution in [1.82, 2.24) is 19.7 Å². The van der Waals surface area contributed by atoms with Gasteiger partial charge in [0.05, 0.1) is 7.11 Å². The number of hydrogen-bond donors (Lipinski definition) is 1. The second-order valence-corrected chi connectivity index (χ2v) is 6.69. The Balaban J connectivity index is 2.81. The van der Waals surface area contributed by atoms with Crippen LogP contribution in [0.25, 0.3) is 0 Å². The summed E-state index contributed by atoms with van der Waals surface area (Å²) in [6.45, 7) is -0.146. The molecule has 1 aromatic heterocycles. The van der Waals surface area contributed by atoms with Gasteiger partial charge in [0.1, 0.15) is 4.83 Å². The van der Waals surface area contributed by atoms with E-state index < -0.39 is 20.8 Å². The molecule has 0 bridgehead atoms. The predicted octanol–water partition coefficient (Wildman–Crippen LogP) is -0.208. The molecule has 1 atom stereocenters. The van der Waals surface area contributed by atoms with Crippen LogP contribution < -0.4 is 4.72 Å². The molecule has 1 N–H and O–H groups in total. The molecule has 0 aliphatic rings. The van der Waals surface area contributed by atoms with Gasteiger partial charge in [-0.15, -0.1) is 5.10 Å². The van der Waals surface area contributed by atoms with E-state index in [0.29, 0.717) is 0 Å².